The van der Waals surface area contributed by atoms with Gasteiger partial charge in [0, 0.05) is 5.39 Å². The number of nitrogens with one attached hydrogen (secondary N) is 1. The third-order valence-corrected chi connectivity index (χ3v) is 3.09. The number of fused-ring (bicyclic) bond motifs is 1. The van der Waals surface area contributed by atoms with E-state index in [4.69, 9.17) is 4.42 Å². The fourth-order valence-corrected chi connectivity index (χ4v) is 2.01. The Hall–Kier alpha value is -2.96. The summed E-state index contributed by atoms with van der Waals surface area (Å²) in [6.07, 6.45) is 0. The zero-order valence-corrected chi connectivity index (χ0v) is 11.5. The Morgan fingerprint density at radius 1 is 1.19 bits per heavy atom. The summed E-state index contributed by atoms with van der Waals surface area (Å²) in [7, 11) is 0. The molecule has 21 heavy (non-hydrogen) atoms. The Morgan fingerprint density at radius 2 is 1.86 bits per heavy atom. The first-order valence-electron chi connectivity index (χ1n) is 6.29. The van der Waals surface area contributed by atoms with Gasteiger partial charge in [-0.15, -0.1) is 10.2 Å². The van der Waals surface area contributed by atoms with Crippen molar-refractivity contribution in [1.29, 1.82) is 0 Å². The van der Waals surface area contributed by atoms with Gasteiger partial charge in [0.2, 0.25) is 0 Å². The molecule has 3 aromatic rings. The summed E-state index contributed by atoms with van der Waals surface area (Å²) in [5.74, 6) is 0.470. The van der Waals surface area contributed by atoms with E-state index in [0.717, 1.165) is 0 Å². The van der Waals surface area contributed by atoms with E-state index in [1.807, 2.05) is 0 Å². The Balaban J connectivity index is 2.02. The van der Waals surface area contributed by atoms with E-state index in [2.05, 4.69) is 15.6 Å². The molecule has 0 unspecified atom stereocenters. The molecular weight excluding hydrogens is 272 g/mol. The lowest BCUT2D eigenvalue weighted by atomic mass is 10.2. The normalized spacial score (nSPS) is 10.8. The molecule has 0 spiro atoms. The molecule has 2 aromatic heterocycles. The summed E-state index contributed by atoms with van der Waals surface area (Å²) in [6, 6.07) is 8.51. The zero-order chi connectivity index (χ0) is 15.0. The van der Waals surface area contributed by atoms with Gasteiger partial charge < -0.3 is 4.42 Å². The molecule has 0 aliphatic carbocycles. The number of rotatable bonds is 2. The minimum absolute atomic E-state index is 0.0683. The van der Waals surface area contributed by atoms with Gasteiger partial charge in [-0.2, -0.15) is 0 Å². The lowest BCUT2D eigenvalue weighted by Crippen LogP contribution is -2.28. The van der Waals surface area contributed by atoms with E-state index in [1.165, 1.54) is 10.7 Å². The van der Waals surface area contributed by atoms with Crippen molar-refractivity contribution in [3.8, 4) is 0 Å². The summed E-state index contributed by atoms with van der Waals surface area (Å²) in [5.41, 5.74) is 2.26. The maximum atomic E-state index is 12.2. The van der Waals surface area contributed by atoms with Crippen LogP contribution in [0, 0.1) is 13.8 Å². The van der Waals surface area contributed by atoms with Gasteiger partial charge in [-0.05, 0) is 26.0 Å². The van der Waals surface area contributed by atoms with Crippen molar-refractivity contribution >= 4 is 16.9 Å². The van der Waals surface area contributed by atoms with Crippen LogP contribution in [0.1, 0.15) is 22.0 Å². The lowest BCUT2D eigenvalue weighted by molar-refractivity contribution is 0.100. The molecule has 2 heterocycles. The average molecular weight is 284 g/mol. The van der Waals surface area contributed by atoms with E-state index in [1.54, 1.807) is 38.1 Å². The van der Waals surface area contributed by atoms with Gasteiger partial charge in [0.1, 0.15) is 22.8 Å². The number of para-hydroxylation sites is 1. The van der Waals surface area contributed by atoms with E-state index in [0.29, 0.717) is 22.6 Å². The Labute approximate surface area is 119 Å². The SMILES string of the molecule is Cc1nnc(C)n1NC(=O)c1cc2ccccc2oc1=O. The number of carbonyl (C=O) groups excluding carboxylic acids is 1. The van der Waals surface area contributed by atoms with Gasteiger partial charge >= 0.3 is 5.63 Å². The molecule has 0 saturated heterocycles. The van der Waals surface area contributed by atoms with Crippen molar-refractivity contribution in [1.82, 2.24) is 14.9 Å². The van der Waals surface area contributed by atoms with Gasteiger partial charge in [-0.1, -0.05) is 18.2 Å². The number of amides is 1. The highest BCUT2D eigenvalue weighted by Crippen LogP contribution is 2.12. The average Bonchev–Trinajstić information content (AvgIpc) is 2.78. The van der Waals surface area contributed by atoms with Crippen LogP contribution in [0.2, 0.25) is 0 Å². The summed E-state index contributed by atoms with van der Waals surface area (Å²) < 4.78 is 6.55. The fraction of sp³-hybridized carbons (Fsp3) is 0.143. The van der Waals surface area contributed by atoms with Gasteiger partial charge in [-0.3, -0.25) is 10.2 Å². The van der Waals surface area contributed by atoms with Crippen LogP contribution < -0.4 is 11.1 Å². The maximum absolute atomic E-state index is 12.2. The first-order chi connectivity index (χ1) is 10.1. The van der Waals surface area contributed by atoms with Crippen molar-refractivity contribution < 1.29 is 9.21 Å². The van der Waals surface area contributed by atoms with Crippen LogP contribution in [0.3, 0.4) is 0 Å². The molecule has 7 nitrogen and oxygen atoms in total. The van der Waals surface area contributed by atoms with E-state index < -0.39 is 11.5 Å². The summed E-state index contributed by atoms with van der Waals surface area (Å²) in [6.45, 7) is 3.40. The van der Waals surface area contributed by atoms with E-state index in [9.17, 15) is 9.59 Å². The molecule has 1 amide bonds. The van der Waals surface area contributed by atoms with Gasteiger partial charge in [0.05, 0.1) is 0 Å². The molecule has 3 rings (SSSR count). The summed E-state index contributed by atoms with van der Waals surface area (Å²) in [5, 5.41) is 8.34. The third-order valence-electron chi connectivity index (χ3n) is 3.09. The second kappa shape index (κ2) is 4.86. The first-order valence-corrected chi connectivity index (χ1v) is 6.29. The maximum Gasteiger partial charge on any atom is 0.349 e. The van der Waals surface area contributed by atoms with Crippen LogP contribution in [0.5, 0.6) is 0 Å². The van der Waals surface area contributed by atoms with Crippen LogP contribution in [0.15, 0.2) is 39.5 Å². The topological polar surface area (TPSA) is 90.0 Å². The molecular formula is C14H12N4O3. The highest BCUT2D eigenvalue weighted by molar-refractivity contribution is 6.01. The van der Waals surface area contributed by atoms with Gasteiger partial charge in [0.15, 0.2) is 0 Å². The molecule has 0 aliphatic rings. The molecule has 0 bridgehead atoms. The van der Waals surface area contributed by atoms with Crippen LogP contribution in [-0.2, 0) is 0 Å². The molecule has 106 valence electrons. The lowest BCUT2D eigenvalue weighted by Gasteiger charge is -2.08. The van der Waals surface area contributed by atoms with Crippen molar-refractivity contribution in [2.45, 2.75) is 13.8 Å². The molecule has 0 atom stereocenters. The minimum Gasteiger partial charge on any atom is -0.422 e. The van der Waals surface area contributed by atoms with Crippen molar-refractivity contribution in [3.63, 3.8) is 0 Å². The predicted octanol–water partition coefficient (Wildman–Crippen LogP) is 1.39. The summed E-state index contributed by atoms with van der Waals surface area (Å²) >= 11 is 0. The highest BCUT2D eigenvalue weighted by atomic mass is 16.4. The quantitative estimate of drug-likeness (QED) is 0.718. The molecule has 7 heteroatoms. The number of aryl methyl sites for hydroxylation is 2. The minimum atomic E-state index is -0.686. The zero-order valence-electron chi connectivity index (χ0n) is 11.5. The van der Waals surface area contributed by atoms with Crippen LogP contribution in [0.25, 0.3) is 11.0 Å². The van der Waals surface area contributed by atoms with Crippen LogP contribution in [-0.4, -0.2) is 20.8 Å². The van der Waals surface area contributed by atoms with Gasteiger partial charge in [0.25, 0.3) is 5.91 Å². The number of aromatic nitrogens is 3. The molecule has 0 fully saturated rings. The standard InChI is InChI=1S/C14H12N4O3/c1-8-15-16-9(2)18(8)17-13(19)11-7-10-5-3-4-6-12(10)21-14(11)20/h3-7H,1-2H3,(H,17,19). The van der Waals surface area contributed by atoms with Crippen molar-refractivity contribution in [2.75, 3.05) is 5.43 Å². The second-order valence-corrected chi connectivity index (χ2v) is 4.56. The third kappa shape index (κ3) is 2.29. The summed E-state index contributed by atoms with van der Waals surface area (Å²) in [4.78, 5) is 24.1. The van der Waals surface area contributed by atoms with Crippen molar-refractivity contribution in [3.05, 3.63) is 58.0 Å². The number of nitrogens with zero attached hydrogens (tertiary/aromatic N) is 3. The Bertz CT molecular complexity index is 875. The first kappa shape index (κ1) is 13.0. The second-order valence-electron chi connectivity index (χ2n) is 4.56. The molecule has 0 saturated carbocycles. The molecule has 1 N–H and O–H groups in total. The van der Waals surface area contributed by atoms with Crippen LogP contribution in [0.4, 0.5) is 0 Å². The molecule has 0 radical (unpaired) electrons. The number of carbonyl (C=O) groups is 1. The van der Waals surface area contributed by atoms with Crippen LogP contribution >= 0.6 is 0 Å². The Morgan fingerprint density at radius 3 is 2.57 bits per heavy atom. The van der Waals surface area contributed by atoms with E-state index in [-0.39, 0.29) is 5.56 Å². The smallest absolute Gasteiger partial charge is 0.349 e. The van der Waals surface area contributed by atoms with Gasteiger partial charge in [-0.25, -0.2) is 9.47 Å². The predicted molar refractivity (Wildman–Crippen MR) is 75.7 cm³/mol. The number of hydrogen-bond acceptors (Lipinski definition) is 5. The fourth-order valence-electron chi connectivity index (χ4n) is 2.01. The molecule has 0 aliphatic heterocycles. The molecule has 1 aromatic carbocycles. The number of hydrogen-bond donors (Lipinski definition) is 1. The van der Waals surface area contributed by atoms with Crippen molar-refractivity contribution in [2.24, 2.45) is 0 Å². The highest BCUT2D eigenvalue weighted by Gasteiger charge is 2.16. The number of benzene rings is 1. The monoisotopic (exact) mass is 284 g/mol. The van der Waals surface area contributed by atoms with E-state index >= 15 is 0 Å². The Kier molecular flexibility index (Phi) is 3.02. The largest absolute Gasteiger partial charge is 0.422 e.